The van der Waals surface area contributed by atoms with Crippen molar-refractivity contribution in [1.29, 1.82) is 0 Å². The van der Waals surface area contributed by atoms with Crippen LogP contribution < -0.4 is 9.80 Å². The summed E-state index contributed by atoms with van der Waals surface area (Å²) in [6.07, 6.45) is 5.47. The Morgan fingerprint density at radius 3 is 2.56 bits per heavy atom. The second kappa shape index (κ2) is 8.84. The third-order valence-electron chi connectivity index (χ3n) is 5.00. The van der Waals surface area contributed by atoms with Crippen LogP contribution in [0.2, 0.25) is 0 Å². The van der Waals surface area contributed by atoms with E-state index < -0.39 is 0 Å². The fourth-order valence-electron chi connectivity index (χ4n) is 3.35. The van der Waals surface area contributed by atoms with E-state index in [2.05, 4.69) is 21.7 Å². The van der Waals surface area contributed by atoms with Crippen LogP contribution in [0.15, 0.2) is 42.7 Å². The molecule has 1 aliphatic rings. The molecule has 0 unspecified atom stereocenters. The fourth-order valence-corrected chi connectivity index (χ4v) is 3.35. The molecule has 1 saturated heterocycles. The Morgan fingerprint density at radius 1 is 1.15 bits per heavy atom. The van der Waals surface area contributed by atoms with E-state index in [1.54, 1.807) is 23.4 Å². The Kier molecular flexibility index (Phi) is 6.27. The van der Waals surface area contributed by atoms with Gasteiger partial charge in [-0.25, -0.2) is 4.39 Å². The van der Waals surface area contributed by atoms with Gasteiger partial charge in [0.1, 0.15) is 5.82 Å². The van der Waals surface area contributed by atoms with Gasteiger partial charge < -0.3 is 14.7 Å². The van der Waals surface area contributed by atoms with Crippen LogP contribution in [0.1, 0.15) is 30.1 Å². The molecule has 2 aromatic rings. The van der Waals surface area contributed by atoms with E-state index >= 15 is 0 Å². The van der Waals surface area contributed by atoms with Crippen molar-refractivity contribution in [3.63, 3.8) is 0 Å². The molecule has 1 aliphatic heterocycles. The molecule has 0 atom stereocenters. The molecule has 144 valence electrons. The number of nitrogens with zero attached hydrogens (tertiary/aromatic N) is 4. The van der Waals surface area contributed by atoms with Crippen LogP contribution in [0.4, 0.5) is 15.8 Å². The summed E-state index contributed by atoms with van der Waals surface area (Å²) in [5.41, 5.74) is 2.21. The summed E-state index contributed by atoms with van der Waals surface area (Å²) < 4.78 is 14.0. The van der Waals surface area contributed by atoms with Gasteiger partial charge in [-0.2, -0.15) is 0 Å². The Labute approximate surface area is 160 Å². The number of carbonyl (C=O) groups is 1. The summed E-state index contributed by atoms with van der Waals surface area (Å²) >= 11 is 0. The summed E-state index contributed by atoms with van der Waals surface area (Å²) in [5.74, 6) is -0.182. The molecule has 3 rings (SSSR count). The van der Waals surface area contributed by atoms with Crippen molar-refractivity contribution in [3.8, 4) is 0 Å². The number of amides is 1. The van der Waals surface area contributed by atoms with E-state index in [0.717, 1.165) is 51.3 Å². The van der Waals surface area contributed by atoms with Gasteiger partial charge in [-0.15, -0.1) is 0 Å². The zero-order valence-corrected chi connectivity index (χ0v) is 16.1. The average molecular weight is 370 g/mol. The molecule has 0 aliphatic carbocycles. The molecular formula is C21H27FN4O. The number of piperazine rings is 1. The number of benzene rings is 1. The minimum Gasteiger partial charge on any atom is -0.367 e. The van der Waals surface area contributed by atoms with Crippen LogP contribution in [-0.4, -0.2) is 55.6 Å². The molecule has 0 bridgehead atoms. The number of rotatable bonds is 6. The van der Waals surface area contributed by atoms with E-state index in [1.165, 1.54) is 6.07 Å². The minimum absolute atomic E-state index is 0.00259. The predicted molar refractivity (Wildman–Crippen MR) is 107 cm³/mol. The quantitative estimate of drug-likeness (QED) is 0.781. The van der Waals surface area contributed by atoms with Crippen molar-refractivity contribution < 1.29 is 9.18 Å². The highest BCUT2D eigenvalue weighted by Gasteiger charge is 2.21. The molecule has 0 spiro atoms. The van der Waals surface area contributed by atoms with Crippen molar-refractivity contribution in [2.24, 2.45) is 0 Å². The Balaban J connectivity index is 1.65. The van der Waals surface area contributed by atoms with Crippen molar-refractivity contribution in [1.82, 2.24) is 9.88 Å². The molecule has 1 amide bonds. The van der Waals surface area contributed by atoms with Crippen molar-refractivity contribution in [3.05, 3.63) is 54.1 Å². The molecule has 6 heteroatoms. The average Bonchev–Trinajstić information content (AvgIpc) is 2.72. The fraction of sp³-hybridized carbons (Fsp3) is 0.429. The Hall–Kier alpha value is -2.63. The van der Waals surface area contributed by atoms with Gasteiger partial charge in [0.15, 0.2) is 0 Å². The molecule has 5 nitrogen and oxygen atoms in total. The molecule has 27 heavy (non-hydrogen) atoms. The lowest BCUT2D eigenvalue weighted by molar-refractivity contribution is 0.0793. The van der Waals surface area contributed by atoms with Crippen molar-refractivity contribution in [2.45, 2.75) is 19.8 Å². The highest BCUT2D eigenvalue weighted by atomic mass is 19.1. The number of para-hydroxylation sites is 1. The molecular weight excluding hydrogens is 343 g/mol. The zero-order chi connectivity index (χ0) is 19.2. The van der Waals surface area contributed by atoms with Gasteiger partial charge in [0.05, 0.1) is 23.1 Å². The molecule has 1 fully saturated rings. The van der Waals surface area contributed by atoms with Gasteiger partial charge in [-0.3, -0.25) is 9.78 Å². The van der Waals surface area contributed by atoms with Crippen LogP contribution in [0.3, 0.4) is 0 Å². The Bertz CT molecular complexity index is 774. The van der Waals surface area contributed by atoms with Gasteiger partial charge in [0.2, 0.25) is 0 Å². The van der Waals surface area contributed by atoms with Crippen LogP contribution in [0, 0.1) is 5.82 Å². The van der Waals surface area contributed by atoms with Crippen LogP contribution >= 0.6 is 0 Å². The van der Waals surface area contributed by atoms with Crippen molar-refractivity contribution >= 4 is 17.3 Å². The first-order chi connectivity index (χ1) is 13.1. The summed E-state index contributed by atoms with van der Waals surface area (Å²) in [5, 5.41) is 0. The number of pyridine rings is 1. The lowest BCUT2D eigenvalue weighted by Gasteiger charge is -2.37. The summed E-state index contributed by atoms with van der Waals surface area (Å²) in [7, 11) is 1.83. The number of halogens is 1. The molecule has 1 aromatic heterocycles. The highest BCUT2D eigenvalue weighted by molar-refractivity contribution is 5.94. The molecule has 0 radical (unpaired) electrons. The summed E-state index contributed by atoms with van der Waals surface area (Å²) in [4.78, 5) is 22.9. The Morgan fingerprint density at radius 2 is 1.85 bits per heavy atom. The first kappa shape index (κ1) is 19.1. The first-order valence-electron chi connectivity index (χ1n) is 9.55. The second-order valence-corrected chi connectivity index (χ2v) is 6.94. The molecule has 0 saturated carbocycles. The molecule has 0 N–H and O–H groups in total. The lowest BCUT2D eigenvalue weighted by Crippen LogP contribution is -2.47. The smallest absolute Gasteiger partial charge is 0.255 e. The molecule has 1 aromatic carbocycles. The van der Waals surface area contributed by atoms with Gasteiger partial charge >= 0.3 is 0 Å². The predicted octanol–water partition coefficient (Wildman–Crippen LogP) is 3.42. The highest BCUT2D eigenvalue weighted by Crippen LogP contribution is 2.23. The maximum absolute atomic E-state index is 14.0. The minimum atomic E-state index is -0.185. The third-order valence-corrected chi connectivity index (χ3v) is 5.00. The number of carbonyl (C=O) groups excluding carboxylic acids is 1. The number of aromatic nitrogens is 1. The van der Waals surface area contributed by atoms with Gasteiger partial charge in [0.25, 0.3) is 5.91 Å². The maximum atomic E-state index is 14.0. The van der Waals surface area contributed by atoms with E-state index in [9.17, 15) is 9.18 Å². The zero-order valence-electron chi connectivity index (χ0n) is 16.1. The van der Waals surface area contributed by atoms with E-state index in [-0.39, 0.29) is 11.7 Å². The van der Waals surface area contributed by atoms with E-state index in [0.29, 0.717) is 11.3 Å². The monoisotopic (exact) mass is 370 g/mol. The second-order valence-electron chi connectivity index (χ2n) is 6.94. The van der Waals surface area contributed by atoms with Gasteiger partial charge in [-0.1, -0.05) is 25.5 Å². The number of unbranched alkanes of at least 4 members (excludes halogenated alkanes) is 1. The number of hydrogen-bond donors (Lipinski definition) is 0. The number of hydrogen-bond acceptors (Lipinski definition) is 4. The normalized spacial score (nSPS) is 14.3. The van der Waals surface area contributed by atoms with E-state index in [1.807, 2.05) is 25.2 Å². The topological polar surface area (TPSA) is 39.7 Å². The SMILES string of the molecule is CCCCN(C)C(=O)c1cncc(N2CCN(c3ccccc3F)CC2)c1. The van der Waals surface area contributed by atoms with Gasteiger partial charge in [-0.05, 0) is 24.6 Å². The third kappa shape index (κ3) is 4.56. The number of anilines is 2. The van der Waals surface area contributed by atoms with Crippen LogP contribution in [-0.2, 0) is 0 Å². The van der Waals surface area contributed by atoms with Crippen LogP contribution in [0.25, 0.3) is 0 Å². The summed E-state index contributed by atoms with van der Waals surface area (Å²) in [6.45, 7) is 5.85. The van der Waals surface area contributed by atoms with E-state index in [4.69, 9.17) is 0 Å². The first-order valence-corrected chi connectivity index (χ1v) is 9.55. The standard InChI is InChI=1S/C21H27FN4O/c1-3-4-9-24(2)21(27)17-14-18(16-23-15-17)25-10-12-26(13-11-25)20-8-6-5-7-19(20)22/h5-8,14-16H,3-4,9-13H2,1-2H3. The largest absolute Gasteiger partial charge is 0.367 e. The summed E-state index contributed by atoms with van der Waals surface area (Å²) in [6, 6.07) is 8.80. The van der Waals surface area contributed by atoms with Crippen molar-refractivity contribution in [2.75, 3.05) is 49.6 Å². The van der Waals surface area contributed by atoms with Gasteiger partial charge in [0, 0.05) is 46.0 Å². The van der Waals surface area contributed by atoms with Crippen LogP contribution in [0.5, 0.6) is 0 Å². The maximum Gasteiger partial charge on any atom is 0.255 e. The molecule has 2 heterocycles. The lowest BCUT2D eigenvalue weighted by atomic mass is 10.2.